The summed E-state index contributed by atoms with van der Waals surface area (Å²) in [7, 11) is 0. The molecule has 0 heterocycles. The maximum Gasteiger partial charge on any atom is -0.0443 e. The number of hydrogen-bond donors (Lipinski definition) is 0. The summed E-state index contributed by atoms with van der Waals surface area (Å²) >= 11 is 0. The van der Waals surface area contributed by atoms with Crippen LogP contribution >= 0.6 is 0 Å². The molecule has 0 aromatic carbocycles. The van der Waals surface area contributed by atoms with Gasteiger partial charge in [0.15, 0.2) is 0 Å². The lowest BCUT2D eigenvalue weighted by atomic mass is 9.93. The number of hydrogen-bond acceptors (Lipinski definition) is 0. The van der Waals surface area contributed by atoms with E-state index in [9.17, 15) is 0 Å². The van der Waals surface area contributed by atoms with Gasteiger partial charge in [0.05, 0.1) is 0 Å². The number of unbranched alkanes of at least 4 members (excludes halogenated alkanes) is 20. The van der Waals surface area contributed by atoms with Crippen LogP contribution in [-0.2, 0) is 0 Å². The van der Waals surface area contributed by atoms with Crippen LogP contribution in [0.1, 0.15) is 201 Å². The smallest absolute Gasteiger partial charge is 0.0443 e. The van der Waals surface area contributed by atoms with E-state index in [2.05, 4.69) is 27.7 Å². The fourth-order valence-electron chi connectivity index (χ4n) is 5.41. The summed E-state index contributed by atoms with van der Waals surface area (Å²) in [5.74, 6) is 1.92. The molecule has 0 rings (SSSR count). The Kier molecular flexibility index (Phi) is 28.2. The molecule has 0 nitrogen and oxygen atoms in total. The molecule has 0 aromatic rings. The van der Waals surface area contributed by atoms with E-state index in [1.165, 1.54) is 173 Å². The first-order valence-corrected chi connectivity index (χ1v) is 16.2. The van der Waals surface area contributed by atoms with E-state index >= 15 is 0 Å². The minimum atomic E-state index is 0.961. The second kappa shape index (κ2) is 28.2. The molecule has 0 fully saturated rings. The van der Waals surface area contributed by atoms with Crippen molar-refractivity contribution in [2.24, 2.45) is 11.8 Å². The summed E-state index contributed by atoms with van der Waals surface area (Å²) in [5, 5.41) is 0. The standard InChI is InChI=1S/C33H68/c1-5-7-9-11-13-15-17-19-21-24-28-32(3)30-26-23-27-31-33(4)29-25-22-20-18-16-14-12-10-8-6-2/h32-33H,5-31H2,1-4H3. The quantitative estimate of drug-likeness (QED) is 0.101. The predicted octanol–water partition coefficient (Wildman–Crippen LogP) is 12.8. The minimum absolute atomic E-state index is 0.961. The molecule has 0 bridgehead atoms. The first kappa shape index (κ1) is 33.0. The molecule has 200 valence electrons. The van der Waals surface area contributed by atoms with Crippen molar-refractivity contribution < 1.29 is 0 Å². The van der Waals surface area contributed by atoms with Crippen LogP contribution in [0, 0.1) is 11.8 Å². The van der Waals surface area contributed by atoms with E-state index in [1.54, 1.807) is 0 Å². The average Bonchev–Trinajstić information content (AvgIpc) is 2.81. The Labute approximate surface area is 212 Å². The van der Waals surface area contributed by atoms with Crippen LogP contribution < -0.4 is 0 Å². The van der Waals surface area contributed by atoms with Crippen molar-refractivity contribution in [1.29, 1.82) is 0 Å². The molecule has 2 atom stereocenters. The second-order valence-corrected chi connectivity index (χ2v) is 11.8. The molecule has 2 unspecified atom stereocenters. The number of rotatable bonds is 28. The zero-order valence-corrected chi connectivity index (χ0v) is 24.2. The summed E-state index contributed by atoms with van der Waals surface area (Å²) in [6.45, 7) is 9.62. The van der Waals surface area contributed by atoms with Gasteiger partial charge in [-0.25, -0.2) is 0 Å². The van der Waals surface area contributed by atoms with Gasteiger partial charge in [-0.1, -0.05) is 201 Å². The molecule has 0 saturated carbocycles. The molecule has 0 radical (unpaired) electrons. The molecule has 0 aromatic heterocycles. The maximum atomic E-state index is 2.50. The van der Waals surface area contributed by atoms with E-state index in [-0.39, 0.29) is 0 Å². The van der Waals surface area contributed by atoms with Crippen LogP contribution in [0.5, 0.6) is 0 Å². The summed E-state index contributed by atoms with van der Waals surface area (Å²) in [5.41, 5.74) is 0. The van der Waals surface area contributed by atoms with Gasteiger partial charge in [-0.3, -0.25) is 0 Å². The molecular weight excluding hydrogens is 396 g/mol. The summed E-state index contributed by atoms with van der Waals surface area (Å²) in [4.78, 5) is 0. The van der Waals surface area contributed by atoms with Gasteiger partial charge in [0.1, 0.15) is 0 Å². The largest absolute Gasteiger partial charge is 0.0654 e. The highest BCUT2D eigenvalue weighted by Gasteiger charge is 2.05. The van der Waals surface area contributed by atoms with Crippen molar-refractivity contribution in [3.63, 3.8) is 0 Å². The van der Waals surface area contributed by atoms with Gasteiger partial charge in [-0.05, 0) is 11.8 Å². The molecule has 0 saturated heterocycles. The van der Waals surface area contributed by atoms with Crippen molar-refractivity contribution in [3.8, 4) is 0 Å². The van der Waals surface area contributed by atoms with Crippen LogP contribution in [0.3, 0.4) is 0 Å². The first-order valence-electron chi connectivity index (χ1n) is 16.2. The predicted molar refractivity (Wildman–Crippen MR) is 154 cm³/mol. The molecule has 0 N–H and O–H groups in total. The van der Waals surface area contributed by atoms with E-state index < -0.39 is 0 Å². The van der Waals surface area contributed by atoms with Crippen molar-refractivity contribution in [3.05, 3.63) is 0 Å². The third-order valence-electron chi connectivity index (χ3n) is 7.99. The molecule has 0 aliphatic rings. The van der Waals surface area contributed by atoms with Crippen molar-refractivity contribution >= 4 is 0 Å². The second-order valence-electron chi connectivity index (χ2n) is 11.8. The lowest BCUT2D eigenvalue weighted by Gasteiger charge is -2.13. The SMILES string of the molecule is CCCCCCCCCCCCC(C)CCCCCC(C)CCCCCCCCCCCC. The fraction of sp³-hybridized carbons (Fsp3) is 1.00. The summed E-state index contributed by atoms with van der Waals surface area (Å²) in [6, 6.07) is 0. The Balaban J connectivity index is 3.26. The lowest BCUT2D eigenvalue weighted by Crippen LogP contribution is -1.97. The Morgan fingerprint density at radius 1 is 0.273 bits per heavy atom. The monoisotopic (exact) mass is 465 g/mol. The summed E-state index contributed by atoms with van der Waals surface area (Å²) < 4.78 is 0. The van der Waals surface area contributed by atoms with E-state index in [1.807, 2.05) is 0 Å². The van der Waals surface area contributed by atoms with Crippen LogP contribution in [0.2, 0.25) is 0 Å². The topological polar surface area (TPSA) is 0 Å². The normalized spacial score (nSPS) is 13.5. The van der Waals surface area contributed by atoms with Crippen LogP contribution in [0.15, 0.2) is 0 Å². The summed E-state index contributed by atoms with van der Waals surface area (Å²) in [6.07, 6.45) is 39.6. The Morgan fingerprint density at radius 3 is 0.697 bits per heavy atom. The average molecular weight is 465 g/mol. The Morgan fingerprint density at radius 2 is 0.455 bits per heavy atom. The van der Waals surface area contributed by atoms with Crippen LogP contribution in [-0.4, -0.2) is 0 Å². The van der Waals surface area contributed by atoms with E-state index in [0.29, 0.717) is 0 Å². The molecule has 0 spiro atoms. The minimum Gasteiger partial charge on any atom is -0.0654 e. The fourth-order valence-corrected chi connectivity index (χ4v) is 5.41. The van der Waals surface area contributed by atoms with Gasteiger partial charge >= 0.3 is 0 Å². The van der Waals surface area contributed by atoms with Gasteiger partial charge in [0, 0.05) is 0 Å². The Bertz CT molecular complexity index is 301. The van der Waals surface area contributed by atoms with Crippen LogP contribution in [0.4, 0.5) is 0 Å². The van der Waals surface area contributed by atoms with Crippen molar-refractivity contribution in [1.82, 2.24) is 0 Å². The van der Waals surface area contributed by atoms with Crippen molar-refractivity contribution in [2.45, 2.75) is 201 Å². The van der Waals surface area contributed by atoms with Crippen LogP contribution in [0.25, 0.3) is 0 Å². The highest BCUT2D eigenvalue weighted by atomic mass is 14.1. The Hall–Kier alpha value is 0. The highest BCUT2D eigenvalue weighted by molar-refractivity contribution is 4.59. The molecule has 0 aliphatic heterocycles. The van der Waals surface area contributed by atoms with E-state index in [0.717, 1.165) is 11.8 Å². The molecule has 0 heteroatoms. The molecule has 0 aliphatic carbocycles. The first-order chi connectivity index (χ1) is 16.2. The van der Waals surface area contributed by atoms with Gasteiger partial charge in [-0.2, -0.15) is 0 Å². The highest BCUT2D eigenvalue weighted by Crippen LogP contribution is 2.21. The van der Waals surface area contributed by atoms with Gasteiger partial charge < -0.3 is 0 Å². The lowest BCUT2D eigenvalue weighted by molar-refractivity contribution is 0.407. The third-order valence-corrected chi connectivity index (χ3v) is 7.99. The van der Waals surface area contributed by atoms with E-state index in [4.69, 9.17) is 0 Å². The van der Waals surface area contributed by atoms with Crippen molar-refractivity contribution in [2.75, 3.05) is 0 Å². The third kappa shape index (κ3) is 28.1. The molecule has 33 heavy (non-hydrogen) atoms. The van der Waals surface area contributed by atoms with Gasteiger partial charge in [-0.15, -0.1) is 0 Å². The zero-order valence-electron chi connectivity index (χ0n) is 24.2. The van der Waals surface area contributed by atoms with Gasteiger partial charge in [0.25, 0.3) is 0 Å². The molecular formula is C33H68. The molecule has 0 amide bonds. The van der Waals surface area contributed by atoms with Gasteiger partial charge in [0.2, 0.25) is 0 Å². The zero-order chi connectivity index (χ0) is 24.2. The maximum absolute atomic E-state index is 2.50.